The molecule has 4 nitrogen and oxygen atoms in total. The molecule has 0 N–H and O–H groups in total. The van der Waals surface area contributed by atoms with Crippen LogP contribution in [0.15, 0.2) is 36.4 Å². The van der Waals surface area contributed by atoms with Crippen molar-refractivity contribution in [2.75, 3.05) is 13.9 Å². The van der Waals surface area contributed by atoms with Crippen LogP contribution in [0.5, 0.6) is 23.0 Å². The third-order valence-corrected chi connectivity index (χ3v) is 4.60. The van der Waals surface area contributed by atoms with Crippen LogP contribution in [0.1, 0.15) is 42.6 Å². The lowest BCUT2D eigenvalue weighted by Gasteiger charge is -2.16. The van der Waals surface area contributed by atoms with E-state index in [4.69, 9.17) is 18.9 Å². The van der Waals surface area contributed by atoms with Gasteiger partial charge >= 0.3 is 0 Å². The minimum absolute atomic E-state index is 0.0655. The molecule has 0 amide bonds. The molecular formula is C20H20O4. The molecule has 0 fully saturated rings. The van der Waals surface area contributed by atoms with E-state index in [0.717, 1.165) is 34.1 Å². The Hall–Kier alpha value is -2.62. The molecule has 2 aliphatic heterocycles. The molecule has 4 heteroatoms. The van der Waals surface area contributed by atoms with Crippen molar-refractivity contribution in [3.05, 3.63) is 53.1 Å². The number of ether oxygens (including phenoxy) is 4. The van der Waals surface area contributed by atoms with E-state index in [-0.39, 0.29) is 18.8 Å². The Bertz CT molecular complexity index is 810. The highest BCUT2D eigenvalue weighted by Gasteiger charge is 2.35. The summed E-state index contributed by atoms with van der Waals surface area (Å²) in [6.45, 7) is 4.47. The minimum Gasteiger partial charge on any atom is -0.493 e. The summed E-state index contributed by atoms with van der Waals surface area (Å²) < 4.78 is 22.7. The number of hydrogen-bond acceptors (Lipinski definition) is 4. The molecule has 0 aliphatic carbocycles. The van der Waals surface area contributed by atoms with Crippen LogP contribution in [-0.4, -0.2) is 13.9 Å². The third-order valence-electron chi connectivity index (χ3n) is 4.60. The number of fused-ring (bicyclic) bond motifs is 2. The van der Waals surface area contributed by atoms with Crippen LogP contribution in [0, 0.1) is 0 Å². The van der Waals surface area contributed by atoms with Gasteiger partial charge in [-0.15, -0.1) is 0 Å². The van der Waals surface area contributed by atoms with Gasteiger partial charge in [-0.1, -0.05) is 25.1 Å². The lowest BCUT2D eigenvalue weighted by Crippen LogP contribution is -2.07. The van der Waals surface area contributed by atoms with Crippen molar-refractivity contribution in [1.82, 2.24) is 0 Å². The molecule has 2 aliphatic rings. The Labute approximate surface area is 141 Å². The Morgan fingerprint density at radius 1 is 1.12 bits per heavy atom. The van der Waals surface area contributed by atoms with E-state index in [1.807, 2.05) is 37.3 Å². The molecule has 0 saturated carbocycles. The SMILES string of the molecule is CC=Cc1cc(OC)c2c(c1)[C@@H](C)[C@H](c1ccc3c(c1)OCO3)O2. The fourth-order valence-electron chi connectivity index (χ4n) is 3.39. The van der Waals surface area contributed by atoms with Gasteiger partial charge in [0.05, 0.1) is 7.11 Å². The third kappa shape index (κ3) is 2.30. The highest BCUT2D eigenvalue weighted by atomic mass is 16.7. The highest BCUT2D eigenvalue weighted by Crippen LogP contribution is 2.51. The van der Waals surface area contributed by atoms with E-state index in [2.05, 4.69) is 19.1 Å². The fourth-order valence-corrected chi connectivity index (χ4v) is 3.39. The minimum atomic E-state index is -0.0655. The van der Waals surface area contributed by atoms with Gasteiger partial charge in [-0.3, -0.25) is 0 Å². The second-order valence-electron chi connectivity index (χ2n) is 6.08. The average Bonchev–Trinajstić information content (AvgIpc) is 3.19. The molecule has 0 spiro atoms. The first kappa shape index (κ1) is 14.9. The second kappa shape index (κ2) is 5.78. The van der Waals surface area contributed by atoms with Crippen LogP contribution < -0.4 is 18.9 Å². The van der Waals surface area contributed by atoms with Crippen LogP contribution in [0.3, 0.4) is 0 Å². The lowest BCUT2D eigenvalue weighted by atomic mass is 9.91. The normalized spacial score (nSPS) is 21.0. The van der Waals surface area contributed by atoms with Gasteiger partial charge in [0.15, 0.2) is 23.0 Å². The highest BCUT2D eigenvalue weighted by molar-refractivity contribution is 5.62. The standard InChI is InChI=1S/C20H20O4/c1-4-5-13-8-15-12(2)19(24-20(15)18(9-13)21-3)14-6-7-16-17(10-14)23-11-22-16/h4-10,12,19H,11H2,1-3H3/t12-,19-/m1/s1. The summed E-state index contributed by atoms with van der Waals surface area (Å²) in [5.74, 6) is 3.40. The molecule has 2 heterocycles. The van der Waals surface area contributed by atoms with E-state index < -0.39 is 0 Å². The Kier molecular flexibility index (Phi) is 3.60. The molecule has 2 aromatic carbocycles. The van der Waals surface area contributed by atoms with Crippen molar-refractivity contribution in [3.63, 3.8) is 0 Å². The van der Waals surface area contributed by atoms with Crippen LogP contribution in [0.2, 0.25) is 0 Å². The summed E-state index contributed by atoms with van der Waals surface area (Å²) in [5.41, 5.74) is 3.37. The maximum Gasteiger partial charge on any atom is 0.231 e. The molecule has 0 unspecified atom stereocenters. The topological polar surface area (TPSA) is 36.9 Å². The van der Waals surface area contributed by atoms with Gasteiger partial charge in [-0.2, -0.15) is 0 Å². The predicted octanol–water partition coefficient (Wildman–Crippen LogP) is 4.69. The van der Waals surface area contributed by atoms with Gasteiger partial charge in [-0.05, 0) is 42.3 Å². The van der Waals surface area contributed by atoms with Crippen LogP contribution in [0.25, 0.3) is 6.08 Å². The number of methoxy groups -OCH3 is 1. The van der Waals surface area contributed by atoms with Crippen LogP contribution >= 0.6 is 0 Å². The summed E-state index contributed by atoms with van der Waals surface area (Å²) in [6, 6.07) is 10.2. The Balaban J connectivity index is 1.73. The molecule has 0 aromatic heterocycles. The van der Waals surface area contributed by atoms with Gasteiger partial charge in [0.2, 0.25) is 6.79 Å². The second-order valence-corrected chi connectivity index (χ2v) is 6.08. The largest absolute Gasteiger partial charge is 0.493 e. The molecular weight excluding hydrogens is 304 g/mol. The predicted molar refractivity (Wildman–Crippen MR) is 92.1 cm³/mol. The fraction of sp³-hybridized carbons (Fsp3) is 0.300. The van der Waals surface area contributed by atoms with Crippen molar-refractivity contribution < 1.29 is 18.9 Å². The monoisotopic (exact) mass is 324 g/mol. The quantitative estimate of drug-likeness (QED) is 0.820. The lowest BCUT2D eigenvalue weighted by molar-refractivity contribution is 0.173. The first-order chi connectivity index (χ1) is 11.7. The Morgan fingerprint density at radius 3 is 2.75 bits per heavy atom. The van der Waals surface area contributed by atoms with E-state index >= 15 is 0 Å². The summed E-state index contributed by atoms with van der Waals surface area (Å²) >= 11 is 0. The Morgan fingerprint density at radius 2 is 1.96 bits per heavy atom. The summed E-state index contributed by atoms with van der Waals surface area (Å²) in [4.78, 5) is 0. The van der Waals surface area contributed by atoms with Gasteiger partial charge in [0.1, 0.15) is 6.10 Å². The van der Waals surface area contributed by atoms with Crippen LogP contribution in [0.4, 0.5) is 0 Å². The molecule has 0 saturated heterocycles. The van der Waals surface area contributed by atoms with E-state index in [1.54, 1.807) is 7.11 Å². The maximum absolute atomic E-state index is 6.27. The van der Waals surface area contributed by atoms with Crippen molar-refractivity contribution in [2.24, 2.45) is 0 Å². The number of hydrogen-bond donors (Lipinski definition) is 0. The maximum atomic E-state index is 6.27. The first-order valence-electron chi connectivity index (χ1n) is 8.12. The summed E-state index contributed by atoms with van der Waals surface area (Å²) in [7, 11) is 1.68. The van der Waals surface area contributed by atoms with Gasteiger partial charge < -0.3 is 18.9 Å². The van der Waals surface area contributed by atoms with E-state index in [1.165, 1.54) is 5.56 Å². The van der Waals surface area contributed by atoms with Crippen molar-refractivity contribution in [3.8, 4) is 23.0 Å². The van der Waals surface area contributed by atoms with Gasteiger partial charge in [0, 0.05) is 11.5 Å². The number of allylic oxidation sites excluding steroid dienone is 1. The smallest absolute Gasteiger partial charge is 0.231 e. The van der Waals surface area contributed by atoms with Crippen molar-refractivity contribution in [2.45, 2.75) is 25.9 Å². The van der Waals surface area contributed by atoms with Crippen LogP contribution in [-0.2, 0) is 0 Å². The molecule has 24 heavy (non-hydrogen) atoms. The molecule has 0 radical (unpaired) electrons. The van der Waals surface area contributed by atoms with Gasteiger partial charge in [0.25, 0.3) is 0 Å². The van der Waals surface area contributed by atoms with Gasteiger partial charge in [-0.25, -0.2) is 0 Å². The summed E-state index contributed by atoms with van der Waals surface area (Å²) in [6.07, 6.45) is 4.03. The molecule has 4 rings (SSSR count). The molecule has 0 bridgehead atoms. The molecule has 2 aromatic rings. The number of benzene rings is 2. The average molecular weight is 324 g/mol. The van der Waals surface area contributed by atoms with E-state index in [9.17, 15) is 0 Å². The first-order valence-corrected chi connectivity index (χ1v) is 8.12. The summed E-state index contributed by atoms with van der Waals surface area (Å²) in [5, 5.41) is 0. The zero-order chi connectivity index (χ0) is 16.7. The zero-order valence-electron chi connectivity index (χ0n) is 14.0. The van der Waals surface area contributed by atoms with Crippen molar-refractivity contribution in [1.29, 1.82) is 0 Å². The molecule has 124 valence electrons. The van der Waals surface area contributed by atoms with E-state index in [0.29, 0.717) is 0 Å². The zero-order valence-corrected chi connectivity index (χ0v) is 14.0. The van der Waals surface area contributed by atoms with Crippen molar-refractivity contribution >= 4 is 6.08 Å². The number of rotatable bonds is 3. The molecule has 2 atom stereocenters.